The summed E-state index contributed by atoms with van der Waals surface area (Å²) in [5.41, 5.74) is 0.0631. The predicted molar refractivity (Wildman–Crippen MR) is 148 cm³/mol. The molecule has 3 heteroatoms. The molecule has 0 amide bonds. The van der Waals surface area contributed by atoms with Crippen LogP contribution in [0.15, 0.2) is 121 Å². The lowest BCUT2D eigenvalue weighted by molar-refractivity contribution is 0.0145. The van der Waals surface area contributed by atoms with Gasteiger partial charge in [0.1, 0.15) is 12.7 Å². The standard InChI is InChI=1S/C32H35O2P/c1-3-4-25-32(33,28-19-11-6-12-20-28)31(26(2)27-17-9-5-10-18-27)35(34,29-21-13-7-14-22-29)30-23-15-8-16-24-30/h5-24,26,31,33H,3-4,25H2,1-2H3/t26-,31+,32-/m0/s1. The first-order valence-electron chi connectivity index (χ1n) is 12.6. The van der Waals surface area contributed by atoms with Crippen LogP contribution in [0, 0.1) is 0 Å². The van der Waals surface area contributed by atoms with E-state index in [1.807, 2.05) is 109 Å². The fourth-order valence-electron chi connectivity index (χ4n) is 5.37. The molecule has 0 spiro atoms. The molecule has 2 nitrogen and oxygen atoms in total. The van der Waals surface area contributed by atoms with Crippen molar-refractivity contribution in [3.63, 3.8) is 0 Å². The minimum atomic E-state index is -3.33. The fraction of sp³-hybridized carbons (Fsp3) is 0.250. The molecular weight excluding hydrogens is 447 g/mol. The summed E-state index contributed by atoms with van der Waals surface area (Å²) in [5.74, 6) is -0.162. The van der Waals surface area contributed by atoms with Gasteiger partial charge in [0.15, 0.2) is 0 Å². The molecule has 180 valence electrons. The summed E-state index contributed by atoms with van der Waals surface area (Å²) < 4.78 is 15.8. The molecule has 0 bridgehead atoms. The third-order valence-electron chi connectivity index (χ3n) is 7.14. The lowest BCUT2D eigenvalue weighted by atomic mass is 9.78. The van der Waals surface area contributed by atoms with Gasteiger partial charge < -0.3 is 9.67 Å². The zero-order valence-corrected chi connectivity index (χ0v) is 21.5. The SMILES string of the molecule is CCCC[C@](O)(c1ccccc1)[C@@H]([C@@H](C)c1ccccc1)P(=O)(c1ccccc1)c1ccccc1. The average Bonchev–Trinajstić information content (AvgIpc) is 2.93. The van der Waals surface area contributed by atoms with Crippen molar-refractivity contribution in [3.05, 3.63) is 132 Å². The number of unbranched alkanes of at least 4 members (excludes halogenated alkanes) is 1. The van der Waals surface area contributed by atoms with Crippen LogP contribution in [0.5, 0.6) is 0 Å². The Hall–Kier alpha value is -2.93. The van der Waals surface area contributed by atoms with Crippen molar-refractivity contribution in [3.8, 4) is 0 Å². The fourth-order valence-corrected chi connectivity index (χ4v) is 9.23. The van der Waals surface area contributed by atoms with Gasteiger partial charge in [-0.15, -0.1) is 0 Å². The van der Waals surface area contributed by atoms with Crippen molar-refractivity contribution in [1.29, 1.82) is 0 Å². The van der Waals surface area contributed by atoms with Crippen LogP contribution >= 0.6 is 7.14 Å². The molecule has 4 rings (SSSR count). The third kappa shape index (κ3) is 5.06. The molecule has 0 fully saturated rings. The van der Waals surface area contributed by atoms with Crippen LogP contribution in [0.25, 0.3) is 0 Å². The summed E-state index contributed by atoms with van der Waals surface area (Å²) >= 11 is 0. The quantitative estimate of drug-likeness (QED) is 0.242. The second-order valence-electron chi connectivity index (χ2n) is 9.37. The molecule has 0 aliphatic heterocycles. The molecule has 4 aromatic carbocycles. The van der Waals surface area contributed by atoms with E-state index in [4.69, 9.17) is 0 Å². The first-order valence-corrected chi connectivity index (χ1v) is 14.3. The van der Waals surface area contributed by atoms with E-state index < -0.39 is 18.4 Å². The Balaban J connectivity index is 2.05. The molecule has 35 heavy (non-hydrogen) atoms. The number of rotatable bonds is 10. The van der Waals surface area contributed by atoms with Gasteiger partial charge in [0, 0.05) is 10.6 Å². The van der Waals surface area contributed by atoms with E-state index in [9.17, 15) is 5.11 Å². The van der Waals surface area contributed by atoms with Gasteiger partial charge in [-0.05, 0) is 23.5 Å². The summed E-state index contributed by atoms with van der Waals surface area (Å²) in [7, 11) is -3.33. The van der Waals surface area contributed by atoms with Gasteiger partial charge in [0.2, 0.25) is 0 Å². The monoisotopic (exact) mass is 482 g/mol. The van der Waals surface area contributed by atoms with Crippen LogP contribution in [0.3, 0.4) is 0 Å². The second-order valence-corrected chi connectivity index (χ2v) is 12.3. The largest absolute Gasteiger partial charge is 0.384 e. The van der Waals surface area contributed by atoms with Gasteiger partial charge in [-0.3, -0.25) is 0 Å². The Kier molecular flexibility index (Phi) is 8.06. The Morgan fingerprint density at radius 3 is 1.60 bits per heavy atom. The first kappa shape index (κ1) is 25.2. The highest BCUT2D eigenvalue weighted by Gasteiger charge is 2.52. The van der Waals surface area contributed by atoms with Crippen LogP contribution in [0.1, 0.15) is 50.2 Å². The van der Waals surface area contributed by atoms with E-state index in [1.54, 1.807) is 0 Å². The maximum atomic E-state index is 15.8. The number of aliphatic hydroxyl groups is 1. The number of benzene rings is 4. The minimum Gasteiger partial charge on any atom is -0.384 e. The first-order chi connectivity index (χ1) is 17.0. The molecular formula is C32H35O2P. The highest BCUT2D eigenvalue weighted by molar-refractivity contribution is 7.79. The molecule has 0 saturated heterocycles. The van der Waals surface area contributed by atoms with Gasteiger partial charge in [-0.2, -0.15) is 0 Å². The minimum absolute atomic E-state index is 0.162. The van der Waals surface area contributed by atoms with E-state index in [1.165, 1.54) is 0 Å². The number of hydrogen-bond acceptors (Lipinski definition) is 2. The Morgan fingerprint density at radius 1 is 0.714 bits per heavy atom. The van der Waals surface area contributed by atoms with Gasteiger partial charge in [0.25, 0.3) is 0 Å². The Morgan fingerprint density at radius 2 is 1.14 bits per heavy atom. The zero-order chi connectivity index (χ0) is 24.7. The van der Waals surface area contributed by atoms with E-state index in [2.05, 4.69) is 26.0 Å². The van der Waals surface area contributed by atoms with Gasteiger partial charge >= 0.3 is 0 Å². The lowest BCUT2D eigenvalue weighted by Crippen LogP contribution is -2.46. The van der Waals surface area contributed by atoms with E-state index in [-0.39, 0.29) is 5.92 Å². The van der Waals surface area contributed by atoms with E-state index in [0.29, 0.717) is 6.42 Å². The van der Waals surface area contributed by atoms with E-state index >= 15 is 4.57 Å². The number of hydrogen-bond donors (Lipinski definition) is 1. The molecule has 1 N–H and O–H groups in total. The molecule has 0 aliphatic rings. The summed E-state index contributed by atoms with van der Waals surface area (Å²) in [6, 6.07) is 39.6. The van der Waals surface area contributed by atoms with Crippen molar-refractivity contribution in [2.45, 2.75) is 50.3 Å². The van der Waals surface area contributed by atoms with Gasteiger partial charge in [-0.1, -0.05) is 148 Å². The molecule has 0 saturated carbocycles. The van der Waals surface area contributed by atoms with Crippen molar-refractivity contribution < 1.29 is 9.67 Å². The zero-order valence-electron chi connectivity index (χ0n) is 20.6. The summed E-state index contributed by atoms with van der Waals surface area (Å²) in [6.07, 6.45) is 2.33. The lowest BCUT2D eigenvalue weighted by Gasteiger charge is -2.45. The third-order valence-corrected chi connectivity index (χ3v) is 10.9. The van der Waals surface area contributed by atoms with Gasteiger partial charge in [-0.25, -0.2) is 0 Å². The molecule has 0 heterocycles. The molecule has 0 radical (unpaired) electrons. The van der Waals surface area contributed by atoms with Crippen LogP contribution in [-0.2, 0) is 10.2 Å². The molecule has 3 atom stereocenters. The average molecular weight is 483 g/mol. The molecule has 0 unspecified atom stereocenters. The Bertz CT molecular complexity index is 1180. The normalized spacial score (nSPS) is 15.2. The predicted octanol–water partition coefficient (Wildman–Crippen LogP) is 7.25. The van der Waals surface area contributed by atoms with Crippen LogP contribution in [0.2, 0.25) is 0 Å². The molecule has 4 aromatic rings. The maximum Gasteiger partial charge on any atom is 0.149 e. The highest BCUT2D eigenvalue weighted by atomic mass is 31.2. The van der Waals surface area contributed by atoms with Crippen molar-refractivity contribution in [2.75, 3.05) is 0 Å². The topological polar surface area (TPSA) is 37.3 Å². The van der Waals surface area contributed by atoms with E-state index in [0.717, 1.165) is 34.6 Å². The van der Waals surface area contributed by atoms with Crippen molar-refractivity contribution >= 4 is 17.8 Å². The van der Waals surface area contributed by atoms with Crippen LogP contribution in [-0.4, -0.2) is 10.8 Å². The molecule has 0 aliphatic carbocycles. The summed E-state index contributed by atoms with van der Waals surface area (Å²) in [4.78, 5) is 0. The van der Waals surface area contributed by atoms with Gasteiger partial charge in [0.05, 0.1) is 5.66 Å². The smallest absolute Gasteiger partial charge is 0.149 e. The molecule has 0 aromatic heterocycles. The maximum absolute atomic E-state index is 15.8. The highest BCUT2D eigenvalue weighted by Crippen LogP contribution is 2.60. The summed E-state index contributed by atoms with van der Waals surface area (Å²) in [6.45, 7) is 4.26. The van der Waals surface area contributed by atoms with Crippen molar-refractivity contribution in [1.82, 2.24) is 0 Å². The second kappa shape index (κ2) is 11.2. The Labute approximate surface area is 210 Å². The van der Waals surface area contributed by atoms with Crippen LogP contribution < -0.4 is 10.6 Å². The summed E-state index contributed by atoms with van der Waals surface area (Å²) in [5, 5.41) is 14.4. The van der Waals surface area contributed by atoms with Crippen LogP contribution in [0.4, 0.5) is 0 Å². The van der Waals surface area contributed by atoms with Crippen molar-refractivity contribution in [2.24, 2.45) is 0 Å².